The summed E-state index contributed by atoms with van der Waals surface area (Å²) in [5.41, 5.74) is 1.05. The fraction of sp³-hybridized carbons (Fsp3) is 0.391. The van der Waals surface area contributed by atoms with Crippen molar-refractivity contribution in [2.75, 3.05) is 31.7 Å². The first-order valence-corrected chi connectivity index (χ1v) is 10.2. The summed E-state index contributed by atoms with van der Waals surface area (Å²) in [5, 5.41) is 12.0. The molecule has 0 amide bonds. The summed E-state index contributed by atoms with van der Waals surface area (Å²) in [7, 11) is 0. The fourth-order valence-electron chi connectivity index (χ4n) is 3.22. The highest BCUT2D eigenvalue weighted by molar-refractivity contribution is 5.81. The van der Waals surface area contributed by atoms with Gasteiger partial charge in [-0.3, -0.25) is 0 Å². The molecule has 0 spiro atoms. The van der Waals surface area contributed by atoms with E-state index in [-0.39, 0.29) is 24.0 Å². The highest BCUT2D eigenvalue weighted by Gasteiger charge is 2.29. The maximum atomic E-state index is 15.5. The van der Waals surface area contributed by atoms with Gasteiger partial charge in [0.15, 0.2) is 17.6 Å². The molecule has 8 heteroatoms. The molecule has 1 heterocycles. The normalized spacial score (nSPS) is 16.3. The van der Waals surface area contributed by atoms with Crippen molar-refractivity contribution in [3.8, 4) is 17.6 Å². The molecule has 1 N–H and O–H groups in total. The molecular weight excluding hydrogens is 403 g/mol. The molecule has 31 heavy (non-hydrogen) atoms. The number of anilines is 1. The lowest BCUT2D eigenvalue weighted by molar-refractivity contribution is -0.144. The van der Waals surface area contributed by atoms with Crippen molar-refractivity contribution in [2.24, 2.45) is 0 Å². The van der Waals surface area contributed by atoms with Crippen LogP contribution in [0.4, 0.5) is 10.1 Å². The maximum absolute atomic E-state index is 15.5. The number of nitrogens with zero attached hydrogens (tertiary/aromatic N) is 1. The van der Waals surface area contributed by atoms with E-state index in [0.717, 1.165) is 0 Å². The van der Waals surface area contributed by atoms with Gasteiger partial charge >= 0.3 is 5.97 Å². The van der Waals surface area contributed by atoms with E-state index < -0.39 is 17.8 Å². The van der Waals surface area contributed by atoms with E-state index in [1.54, 1.807) is 31.2 Å². The number of nitriles is 1. The van der Waals surface area contributed by atoms with Crippen LogP contribution in [0.5, 0.6) is 11.5 Å². The monoisotopic (exact) mass is 428 g/mol. The molecule has 2 atom stereocenters. The quantitative estimate of drug-likeness (QED) is 0.604. The van der Waals surface area contributed by atoms with Gasteiger partial charge in [0.05, 0.1) is 38.1 Å². The van der Waals surface area contributed by atoms with E-state index in [0.29, 0.717) is 43.2 Å². The zero-order chi connectivity index (χ0) is 22.2. The van der Waals surface area contributed by atoms with Gasteiger partial charge in [0, 0.05) is 23.7 Å². The Hall–Kier alpha value is -3.31. The van der Waals surface area contributed by atoms with Gasteiger partial charge in [-0.05, 0) is 44.2 Å². The topological polar surface area (TPSA) is 89.8 Å². The number of halogens is 1. The number of hydrogen-bond acceptors (Lipinski definition) is 7. The standard InChI is InChI=1S/C23H25FN2O5/c1-3-29-18-11-19(21(24)20(12-18)31-17-9-10-28-14-17)22(23(27)30-4-2)26-16-7-5-15(13-25)6-8-16/h5-8,11-12,17,22,26H,3-4,9-10,14H2,1-2H3/t17?,22-/m0/s1. The van der Waals surface area contributed by atoms with Gasteiger partial charge in [-0.25, -0.2) is 9.18 Å². The molecule has 3 rings (SSSR count). The second kappa shape index (κ2) is 10.6. The van der Waals surface area contributed by atoms with Crippen LogP contribution in [0.15, 0.2) is 36.4 Å². The largest absolute Gasteiger partial charge is 0.494 e. The van der Waals surface area contributed by atoms with Crippen molar-refractivity contribution in [3.05, 3.63) is 53.3 Å². The van der Waals surface area contributed by atoms with E-state index in [4.69, 9.17) is 24.2 Å². The Morgan fingerprint density at radius 2 is 2.06 bits per heavy atom. The summed E-state index contributed by atoms with van der Waals surface area (Å²) in [5.74, 6) is -0.944. The van der Waals surface area contributed by atoms with Crippen LogP contribution in [0.2, 0.25) is 0 Å². The predicted octanol–water partition coefficient (Wildman–Crippen LogP) is 3.98. The lowest BCUT2D eigenvalue weighted by Crippen LogP contribution is -2.25. The molecule has 1 unspecified atom stereocenters. The Kier molecular flexibility index (Phi) is 7.68. The lowest BCUT2D eigenvalue weighted by atomic mass is 10.0. The third kappa shape index (κ3) is 5.64. The Bertz CT molecular complexity index is 936. The second-order valence-corrected chi connectivity index (χ2v) is 6.88. The molecule has 0 aliphatic carbocycles. The molecule has 2 aromatic rings. The first-order valence-electron chi connectivity index (χ1n) is 10.2. The summed E-state index contributed by atoms with van der Waals surface area (Å²) in [6.07, 6.45) is 0.380. The lowest BCUT2D eigenvalue weighted by Gasteiger charge is -2.22. The van der Waals surface area contributed by atoms with Crippen LogP contribution in [0.3, 0.4) is 0 Å². The predicted molar refractivity (Wildman–Crippen MR) is 112 cm³/mol. The van der Waals surface area contributed by atoms with Crippen molar-refractivity contribution in [2.45, 2.75) is 32.4 Å². The van der Waals surface area contributed by atoms with Crippen LogP contribution in [-0.4, -0.2) is 38.5 Å². The molecular formula is C23H25FN2O5. The second-order valence-electron chi connectivity index (χ2n) is 6.88. The molecule has 2 aromatic carbocycles. The van der Waals surface area contributed by atoms with Crippen molar-refractivity contribution in [1.29, 1.82) is 5.26 Å². The van der Waals surface area contributed by atoms with Gasteiger partial charge < -0.3 is 24.3 Å². The van der Waals surface area contributed by atoms with E-state index in [1.807, 2.05) is 13.0 Å². The molecule has 7 nitrogen and oxygen atoms in total. The SMILES string of the molecule is CCOC(=O)[C@@H](Nc1ccc(C#N)cc1)c1cc(OCC)cc(OC2CCOC2)c1F. The molecule has 164 valence electrons. The summed E-state index contributed by atoms with van der Waals surface area (Å²) < 4.78 is 37.4. The van der Waals surface area contributed by atoms with E-state index in [2.05, 4.69) is 5.32 Å². The van der Waals surface area contributed by atoms with Crippen LogP contribution in [0.1, 0.15) is 37.4 Å². The minimum Gasteiger partial charge on any atom is -0.494 e. The minimum absolute atomic E-state index is 0.00706. The zero-order valence-electron chi connectivity index (χ0n) is 17.5. The third-order valence-electron chi connectivity index (χ3n) is 4.69. The highest BCUT2D eigenvalue weighted by atomic mass is 19.1. The number of carbonyl (C=O) groups excluding carboxylic acids is 1. The van der Waals surface area contributed by atoms with E-state index in [1.165, 1.54) is 12.1 Å². The Morgan fingerprint density at radius 1 is 1.29 bits per heavy atom. The Morgan fingerprint density at radius 3 is 2.68 bits per heavy atom. The van der Waals surface area contributed by atoms with Crippen LogP contribution >= 0.6 is 0 Å². The summed E-state index contributed by atoms with van der Waals surface area (Å²) in [6.45, 7) is 4.92. The molecule has 1 fully saturated rings. The number of hydrogen-bond donors (Lipinski definition) is 1. The average Bonchev–Trinajstić information content (AvgIpc) is 3.28. The molecule has 1 aliphatic heterocycles. The van der Waals surface area contributed by atoms with Gasteiger partial charge in [-0.15, -0.1) is 0 Å². The van der Waals surface area contributed by atoms with Gasteiger partial charge in [0.25, 0.3) is 0 Å². The highest BCUT2D eigenvalue weighted by Crippen LogP contribution is 2.34. The molecule has 0 saturated carbocycles. The minimum atomic E-state index is -1.14. The van der Waals surface area contributed by atoms with E-state index in [9.17, 15) is 4.79 Å². The summed E-state index contributed by atoms with van der Waals surface area (Å²) in [4.78, 5) is 12.7. The molecule has 1 aliphatic rings. The van der Waals surface area contributed by atoms with Crippen molar-refractivity contribution in [1.82, 2.24) is 0 Å². The molecule has 0 bridgehead atoms. The first-order chi connectivity index (χ1) is 15.0. The van der Waals surface area contributed by atoms with Crippen LogP contribution < -0.4 is 14.8 Å². The molecule has 1 saturated heterocycles. The van der Waals surface area contributed by atoms with Gasteiger partial charge in [0.2, 0.25) is 0 Å². The summed E-state index contributed by atoms with van der Waals surface area (Å²) in [6, 6.07) is 10.3. The maximum Gasteiger partial charge on any atom is 0.333 e. The van der Waals surface area contributed by atoms with Gasteiger partial charge in [-0.1, -0.05) is 0 Å². The summed E-state index contributed by atoms with van der Waals surface area (Å²) >= 11 is 0. The average molecular weight is 428 g/mol. The van der Waals surface area contributed by atoms with Crippen molar-refractivity contribution < 1.29 is 28.1 Å². The first kappa shape index (κ1) is 22.4. The third-order valence-corrected chi connectivity index (χ3v) is 4.69. The van der Waals surface area contributed by atoms with Crippen molar-refractivity contribution >= 4 is 11.7 Å². The van der Waals surface area contributed by atoms with Gasteiger partial charge in [-0.2, -0.15) is 5.26 Å². The van der Waals surface area contributed by atoms with Gasteiger partial charge in [0.1, 0.15) is 11.9 Å². The number of benzene rings is 2. The van der Waals surface area contributed by atoms with Crippen LogP contribution in [0.25, 0.3) is 0 Å². The van der Waals surface area contributed by atoms with Crippen LogP contribution in [-0.2, 0) is 14.3 Å². The van der Waals surface area contributed by atoms with Crippen LogP contribution in [0, 0.1) is 17.1 Å². The number of nitrogens with one attached hydrogen (secondary N) is 1. The number of esters is 1. The molecule has 0 radical (unpaired) electrons. The molecule has 0 aromatic heterocycles. The van der Waals surface area contributed by atoms with E-state index >= 15 is 4.39 Å². The number of rotatable bonds is 9. The number of carbonyl (C=O) groups is 1. The smallest absolute Gasteiger partial charge is 0.333 e. The fourth-order valence-corrected chi connectivity index (χ4v) is 3.22. The van der Waals surface area contributed by atoms with Crippen molar-refractivity contribution in [3.63, 3.8) is 0 Å². The zero-order valence-corrected chi connectivity index (χ0v) is 17.5. The number of ether oxygens (including phenoxy) is 4. The Balaban J connectivity index is 1.99. The Labute approximate surface area is 180 Å².